The Bertz CT molecular complexity index is 2050. The number of anilines is 3. The summed E-state index contributed by atoms with van der Waals surface area (Å²) >= 11 is 3.21. The Morgan fingerprint density at radius 2 is 1.51 bits per heavy atom. The summed E-state index contributed by atoms with van der Waals surface area (Å²) in [5, 5.41) is 18.7. The van der Waals surface area contributed by atoms with Gasteiger partial charge in [-0.25, -0.2) is 0 Å². The van der Waals surface area contributed by atoms with Gasteiger partial charge in [-0.2, -0.15) is 0 Å². The second kappa shape index (κ2) is 21.9. The molecule has 6 atom stereocenters. The van der Waals surface area contributed by atoms with Crippen LogP contribution in [0.3, 0.4) is 0 Å². The topological polar surface area (TPSA) is 180 Å². The number of carbonyl (C=O) groups excluding carboxylic acids is 7. The van der Waals surface area contributed by atoms with Gasteiger partial charge in [0, 0.05) is 6.42 Å². The molecule has 2 aromatic rings. The van der Waals surface area contributed by atoms with E-state index < -0.39 is 91.1 Å². The van der Waals surface area contributed by atoms with Crippen LogP contribution in [0.2, 0.25) is 0 Å². The van der Waals surface area contributed by atoms with Gasteiger partial charge < -0.3 is 5.11 Å². The Morgan fingerprint density at radius 1 is 0.881 bits per heavy atom. The Hall–Kier alpha value is -1.96. The van der Waals surface area contributed by atoms with Gasteiger partial charge in [-0.05, 0) is 5.31 Å². The Kier molecular flexibility index (Phi) is 17.9. The van der Waals surface area contributed by atoms with Crippen LogP contribution in [-0.4, -0.2) is 109 Å². The van der Waals surface area contributed by atoms with Gasteiger partial charge in [0.05, 0.1) is 5.66 Å². The number of benzene rings is 2. The summed E-state index contributed by atoms with van der Waals surface area (Å²) in [5.74, 6) is -5.46. The molecule has 0 saturated carbocycles. The van der Waals surface area contributed by atoms with E-state index >= 15 is 0 Å². The van der Waals surface area contributed by atoms with Crippen LogP contribution >= 0.6 is 61.1 Å². The van der Waals surface area contributed by atoms with Crippen molar-refractivity contribution in [1.29, 1.82) is 0 Å². The molecule has 0 spiro atoms. The molecule has 3 fully saturated rings. The molecule has 6 unspecified atom stereocenters. The fourth-order valence-corrected chi connectivity index (χ4v) is 14.2. The number of alkyl halides is 1. The maximum absolute atomic E-state index is 14.0. The van der Waals surface area contributed by atoms with Crippen molar-refractivity contribution in [3.05, 3.63) is 76.8 Å². The number of hydrogen-bond acceptors (Lipinski definition) is 10. The van der Waals surface area contributed by atoms with Crippen molar-refractivity contribution in [3.63, 3.8) is 0 Å². The Balaban J connectivity index is 1.30. The number of likely N-dealkylation sites (tertiary alicyclic amines) is 2. The Morgan fingerprint density at radius 3 is 2.10 bits per heavy atom. The number of rotatable bonds is 18. The summed E-state index contributed by atoms with van der Waals surface area (Å²) in [6.07, 6.45) is -0.541. The molecule has 6 radical (unpaired) electrons. The summed E-state index contributed by atoms with van der Waals surface area (Å²) in [7, 11) is 17.9. The first-order valence-corrected chi connectivity index (χ1v) is 32.2. The van der Waals surface area contributed by atoms with E-state index in [9.17, 15) is 38.7 Å². The van der Waals surface area contributed by atoms with Crippen LogP contribution in [0.5, 0.6) is 0 Å². The minimum absolute atomic E-state index is 0.0864. The number of imide groups is 3. The first-order chi connectivity index (χ1) is 28.0. The summed E-state index contributed by atoms with van der Waals surface area (Å²) in [6.45, 7) is 1.98. The average Bonchev–Trinajstić information content (AvgIpc) is 3.77. The molecule has 306 valence electrons. The minimum atomic E-state index is -1.44. The molecule has 3 aliphatic rings. The third-order valence-electron chi connectivity index (χ3n) is 10.1. The summed E-state index contributed by atoms with van der Waals surface area (Å²) in [6, 6.07) is 16.5. The third-order valence-corrected chi connectivity index (χ3v) is 19.4. The fourth-order valence-electron chi connectivity index (χ4n) is 6.85. The number of allylic oxidation sites excluding steroid dienone is 1. The molecule has 23 heteroatoms. The van der Waals surface area contributed by atoms with Gasteiger partial charge in [-0.1, -0.05) is 80.1 Å². The van der Waals surface area contributed by atoms with Crippen LogP contribution < -0.4 is 41.3 Å². The van der Waals surface area contributed by atoms with Crippen LogP contribution in [0.4, 0.5) is 17.1 Å². The molecule has 3 heterocycles. The van der Waals surface area contributed by atoms with E-state index in [0.717, 1.165) is 26.1 Å². The second-order valence-electron chi connectivity index (χ2n) is 13.7. The fraction of sp³-hybridized carbons (Fsp3) is 0.361. The molecule has 3 saturated heterocycles. The molecule has 2 aromatic carbocycles. The van der Waals surface area contributed by atoms with E-state index in [1.807, 2.05) is 74.4 Å². The molecular weight excluding hydrogens is 1150 g/mol. The van der Waals surface area contributed by atoms with Crippen LogP contribution in [0.15, 0.2) is 76.8 Å². The predicted octanol–water partition coefficient (Wildman–Crippen LogP) is 0.998. The van der Waals surface area contributed by atoms with Crippen molar-refractivity contribution in [2.45, 2.75) is 45.2 Å². The van der Waals surface area contributed by atoms with E-state index in [2.05, 4.69) is 10.6 Å². The molecule has 7 amide bonds. The van der Waals surface area contributed by atoms with Crippen LogP contribution in [0, 0.1) is 11.8 Å². The second-order valence-corrected chi connectivity index (χ2v) is 28.1. The van der Waals surface area contributed by atoms with Gasteiger partial charge in [0.1, 0.15) is 15.1 Å². The standard InChI is InChI=1S/C36H38B3I3N6O8P3/c1-20(27(16-42-57-37)26-13-33(53)48(35(26)55)24-10-8-23(9-11-24)44-22-6-4-3-5-7-22)25-12-31(51)46(34(25)54)18-43-17-45(30(50)14-28(21(2)49)58(38)40)19-47-32(52)15-29(36(47)56)59(39)41/h3-11,25-26,29,43-44,49,57H,12-19H2,1-2H3/q-1/p-1/b27-20-,28-21+. The van der Waals surface area contributed by atoms with Gasteiger partial charge in [0.25, 0.3) is 0 Å². The van der Waals surface area contributed by atoms with E-state index in [-0.39, 0.29) is 62.1 Å². The molecule has 3 aliphatic heterocycles. The van der Waals surface area contributed by atoms with Crippen LogP contribution in [0.1, 0.15) is 39.5 Å². The van der Waals surface area contributed by atoms with Crippen molar-refractivity contribution < 1.29 is 59.3 Å². The molecule has 0 aromatic heterocycles. The van der Waals surface area contributed by atoms with Crippen molar-refractivity contribution in [1.82, 2.24) is 20.0 Å². The maximum atomic E-state index is 14.0. The Labute approximate surface area is 386 Å². The van der Waals surface area contributed by atoms with Gasteiger partial charge in [0.15, 0.2) is 0 Å². The molecule has 2 N–H and O–H groups in total. The van der Waals surface area contributed by atoms with Crippen molar-refractivity contribution in [2.75, 3.05) is 34.7 Å². The molecule has 14 nitrogen and oxygen atoms in total. The zero-order chi connectivity index (χ0) is 43.1. The van der Waals surface area contributed by atoms with Crippen LogP contribution in [0.25, 0.3) is 0 Å². The van der Waals surface area contributed by atoms with E-state index in [1.54, 1.807) is 31.2 Å². The molecule has 5 rings (SSSR count). The number of para-hydroxylation sites is 1. The summed E-state index contributed by atoms with van der Waals surface area (Å²) in [5.41, 5.74) is -0.152. The number of nitrogens with zero attached hydrogens (tertiary/aromatic N) is 4. The number of hydrogen-bond donors (Lipinski definition) is 2. The molecule has 0 bridgehead atoms. The number of carbonyl (C=O) groups is 7. The monoisotopic (exact) mass is 1190 g/mol. The summed E-state index contributed by atoms with van der Waals surface area (Å²) < 4.78 is 0.463. The average molecular weight is 1190 g/mol. The van der Waals surface area contributed by atoms with Gasteiger partial charge in [0.2, 0.25) is 11.8 Å². The first-order valence-electron chi connectivity index (χ1n) is 18.0. The number of nitrogens with one attached hydrogen (secondary N) is 2. The SMILES string of the molecule is [B]P[I-]C/C(=C(\C)C1CC(=O)N(CNCN(CN2C(=O)CC(P([B])I)C2=O)C(=O)C/C(=C(/C)[O-])P([B])I)C1=O)C1CC(=O)N(c2ccc(Nc3ccccc3)cc2)C1=O. The number of amides is 7. The van der Waals surface area contributed by atoms with Gasteiger partial charge in [-0.15, -0.1) is 5.76 Å². The normalized spacial score (nSPS) is 21.8. The van der Waals surface area contributed by atoms with Gasteiger partial charge >= 0.3 is 245 Å². The third kappa shape index (κ3) is 11.7. The predicted molar refractivity (Wildman–Crippen MR) is 244 cm³/mol. The van der Waals surface area contributed by atoms with Crippen molar-refractivity contribution in [2.24, 2.45) is 11.8 Å². The van der Waals surface area contributed by atoms with Gasteiger partial charge in [-0.3, -0.25) is 9.59 Å². The first kappa shape index (κ1) is 48.1. The molecule has 59 heavy (non-hydrogen) atoms. The van der Waals surface area contributed by atoms with E-state index in [4.69, 9.17) is 22.7 Å². The van der Waals surface area contributed by atoms with Crippen molar-refractivity contribution >= 4 is 142 Å². The van der Waals surface area contributed by atoms with Crippen molar-refractivity contribution in [3.8, 4) is 0 Å². The molecule has 0 aliphatic carbocycles. The zero-order valence-electron chi connectivity index (χ0n) is 31.9. The quantitative estimate of drug-likeness (QED) is 0.0320. The molecular formula is C36H37B3I3N6O8P3-2. The summed E-state index contributed by atoms with van der Waals surface area (Å²) in [4.78, 5) is 98.5. The number of halogens is 3. The van der Waals surface area contributed by atoms with E-state index in [1.165, 1.54) is 11.8 Å². The van der Waals surface area contributed by atoms with E-state index in [0.29, 0.717) is 21.3 Å². The zero-order valence-corrected chi connectivity index (χ0v) is 41.2. The van der Waals surface area contributed by atoms with Crippen LogP contribution in [-0.2, 0) is 33.6 Å².